The third-order valence-electron chi connectivity index (χ3n) is 3.94. The number of aryl methyl sites for hydroxylation is 1. The molecule has 0 atom stereocenters. The molecule has 0 saturated carbocycles. The second-order valence-corrected chi connectivity index (χ2v) is 6.95. The normalized spacial score (nSPS) is 14.8. The minimum Gasteiger partial charge on any atom is -0.378 e. The number of carbonyl (C=O) groups excluding carboxylic acids is 1. The third-order valence-corrected chi connectivity index (χ3v) is 5.00. The number of carbonyl (C=O) groups is 1. The summed E-state index contributed by atoms with van der Waals surface area (Å²) in [6, 6.07) is 0. The number of thiazole rings is 1. The summed E-state index contributed by atoms with van der Waals surface area (Å²) < 4.78 is 44.4. The monoisotopic (exact) mass is 416 g/mol. The highest BCUT2D eigenvalue weighted by molar-refractivity contribution is 7.17. The fraction of sp³-hybridized carbons (Fsp3) is 0.500. The summed E-state index contributed by atoms with van der Waals surface area (Å²) in [5.41, 5.74) is -0.404. The largest absolute Gasteiger partial charge is 0.421 e. The van der Waals surface area contributed by atoms with Gasteiger partial charge in [0, 0.05) is 25.8 Å². The van der Waals surface area contributed by atoms with Gasteiger partial charge in [-0.1, -0.05) is 11.3 Å². The summed E-state index contributed by atoms with van der Waals surface area (Å²) >= 11 is 1.11. The molecule has 0 aliphatic carbocycles. The smallest absolute Gasteiger partial charge is 0.378 e. The van der Waals surface area contributed by atoms with E-state index in [1.54, 1.807) is 18.7 Å². The number of nitrogens with one attached hydrogen (secondary N) is 2. The van der Waals surface area contributed by atoms with E-state index in [4.69, 9.17) is 4.74 Å². The maximum atomic E-state index is 13.1. The van der Waals surface area contributed by atoms with Crippen molar-refractivity contribution in [3.63, 3.8) is 0 Å². The third kappa shape index (κ3) is 4.50. The van der Waals surface area contributed by atoms with Crippen LogP contribution in [0, 0.1) is 6.92 Å². The molecule has 1 aliphatic rings. The number of alkyl halides is 3. The number of anilines is 3. The van der Waals surface area contributed by atoms with Crippen molar-refractivity contribution in [2.24, 2.45) is 0 Å². The van der Waals surface area contributed by atoms with Crippen molar-refractivity contribution < 1.29 is 22.7 Å². The number of aromatic nitrogens is 3. The number of nitrogens with zero attached hydrogens (tertiary/aromatic N) is 4. The first-order valence-corrected chi connectivity index (χ1v) is 9.40. The summed E-state index contributed by atoms with van der Waals surface area (Å²) in [6.07, 6.45) is -3.84. The van der Waals surface area contributed by atoms with Crippen LogP contribution >= 0.6 is 11.3 Å². The SMILES string of the molecule is CCNc1nc(Nc2sc(C(=O)N3CCOCC3)nc2C)ncc1C(F)(F)F. The number of halogens is 3. The van der Waals surface area contributed by atoms with Crippen molar-refractivity contribution in [3.05, 3.63) is 22.5 Å². The Balaban J connectivity index is 1.81. The lowest BCUT2D eigenvalue weighted by molar-refractivity contribution is -0.137. The van der Waals surface area contributed by atoms with Gasteiger partial charge in [-0.3, -0.25) is 4.79 Å². The fourth-order valence-corrected chi connectivity index (χ4v) is 3.49. The van der Waals surface area contributed by atoms with Gasteiger partial charge in [0.05, 0.1) is 18.9 Å². The maximum Gasteiger partial charge on any atom is 0.421 e. The molecule has 1 aliphatic heterocycles. The predicted octanol–water partition coefficient (Wildman–Crippen LogP) is 2.91. The molecular formula is C16H19F3N6O2S. The molecule has 8 nitrogen and oxygen atoms in total. The molecule has 3 heterocycles. The average molecular weight is 416 g/mol. The average Bonchev–Trinajstić information content (AvgIpc) is 3.02. The van der Waals surface area contributed by atoms with E-state index in [2.05, 4.69) is 25.6 Å². The van der Waals surface area contributed by atoms with Crippen molar-refractivity contribution in [3.8, 4) is 0 Å². The van der Waals surface area contributed by atoms with Gasteiger partial charge in [-0.15, -0.1) is 0 Å². The van der Waals surface area contributed by atoms with Gasteiger partial charge in [0.2, 0.25) is 5.95 Å². The Morgan fingerprint density at radius 1 is 1.32 bits per heavy atom. The highest BCUT2D eigenvalue weighted by atomic mass is 32.1. The van der Waals surface area contributed by atoms with Crippen LogP contribution in [0.2, 0.25) is 0 Å². The van der Waals surface area contributed by atoms with Crippen LogP contribution in [-0.4, -0.2) is 58.6 Å². The minimum atomic E-state index is -4.56. The highest BCUT2D eigenvalue weighted by Gasteiger charge is 2.35. The van der Waals surface area contributed by atoms with E-state index in [9.17, 15) is 18.0 Å². The van der Waals surface area contributed by atoms with Crippen LogP contribution in [0.1, 0.15) is 28.0 Å². The number of hydrogen-bond acceptors (Lipinski definition) is 8. The molecular weight excluding hydrogens is 397 g/mol. The van der Waals surface area contributed by atoms with Crippen LogP contribution in [0.5, 0.6) is 0 Å². The maximum absolute atomic E-state index is 13.1. The summed E-state index contributed by atoms with van der Waals surface area (Å²) in [4.78, 5) is 26.1. The van der Waals surface area contributed by atoms with Crippen LogP contribution in [-0.2, 0) is 10.9 Å². The molecule has 1 fully saturated rings. The van der Waals surface area contributed by atoms with E-state index in [0.29, 0.717) is 42.0 Å². The lowest BCUT2D eigenvalue weighted by Crippen LogP contribution is -2.40. The van der Waals surface area contributed by atoms with Gasteiger partial charge in [-0.05, 0) is 13.8 Å². The first kappa shape index (κ1) is 20.3. The van der Waals surface area contributed by atoms with Crippen molar-refractivity contribution in [2.45, 2.75) is 20.0 Å². The topological polar surface area (TPSA) is 92.3 Å². The summed E-state index contributed by atoms with van der Waals surface area (Å²) in [7, 11) is 0. The van der Waals surface area contributed by atoms with E-state index in [-0.39, 0.29) is 24.2 Å². The molecule has 0 unspecified atom stereocenters. The van der Waals surface area contributed by atoms with E-state index in [1.165, 1.54) is 0 Å². The molecule has 1 saturated heterocycles. The molecule has 2 N–H and O–H groups in total. The molecule has 2 aromatic rings. The summed E-state index contributed by atoms with van der Waals surface area (Å²) in [6.45, 7) is 5.60. The minimum absolute atomic E-state index is 0.0129. The first-order valence-electron chi connectivity index (χ1n) is 8.59. The highest BCUT2D eigenvalue weighted by Crippen LogP contribution is 2.34. The van der Waals surface area contributed by atoms with Crippen LogP contribution in [0.15, 0.2) is 6.20 Å². The van der Waals surface area contributed by atoms with Gasteiger partial charge in [0.1, 0.15) is 16.4 Å². The van der Waals surface area contributed by atoms with E-state index in [0.717, 1.165) is 17.5 Å². The molecule has 152 valence electrons. The predicted molar refractivity (Wildman–Crippen MR) is 98.1 cm³/mol. The van der Waals surface area contributed by atoms with E-state index >= 15 is 0 Å². The van der Waals surface area contributed by atoms with Crippen LogP contribution in [0.4, 0.5) is 29.9 Å². The zero-order valence-corrected chi connectivity index (χ0v) is 16.1. The van der Waals surface area contributed by atoms with Crippen molar-refractivity contribution in [1.82, 2.24) is 19.9 Å². The second kappa shape index (κ2) is 8.27. The van der Waals surface area contributed by atoms with Crippen LogP contribution in [0.3, 0.4) is 0 Å². The molecule has 1 amide bonds. The number of amides is 1. The number of rotatable bonds is 5. The molecule has 12 heteroatoms. The lowest BCUT2D eigenvalue weighted by Gasteiger charge is -2.25. The van der Waals surface area contributed by atoms with Gasteiger partial charge in [-0.25, -0.2) is 9.97 Å². The number of ether oxygens (including phenoxy) is 1. The Bertz CT molecular complexity index is 851. The molecule has 3 rings (SSSR count). The fourth-order valence-electron chi connectivity index (χ4n) is 2.56. The quantitative estimate of drug-likeness (QED) is 0.774. The van der Waals surface area contributed by atoms with Gasteiger partial charge >= 0.3 is 6.18 Å². The van der Waals surface area contributed by atoms with Gasteiger partial charge in [0.25, 0.3) is 5.91 Å². The zero-order valence-electron chi connectivity index (χ0n) is 15.3. The Morgan fingerprint density at radius 3 is 2.68 bits per heavy atom. The Labute approximate surface area is 163 Å². The first-order chi connectivity index (χ1) is 13.3. The van der Waals surface area contributed by atoms with Gasteiger partial charge < -0.3 is 20.3 Å². The van der Waals surface area contributed by atoms with E-state index < -0.39 is 11.7 Å². The molecule has 0 spiro atoms. The molecule has 28 heavy (non-hydrogen) atoms. The molecule has 0 radical (unpaired) electrons. The van der Waals surface area contributed by atoms with Crippen molar-refractivity contribution in [1.29, 1.82) is 0 Å². The van der Waals surface area contributed by atoms with Gasteiger partial charge in [0.15, 0.2) is 5.01 Å². The Kier molecular flexibility index (Phi) is 5.98. The summed E-state index contributed by atoms with van der Waals surface area (Å²) in [5, 5.41) is 6.24. The lowest BCUT2D eigenvalue weighted by atomic mass is 10.3. The van der Waals surface area contributed by atoms with Crippen molar-refractivity contribution in [2.75, 3.05) is 43.5 Å². The standard InChI is InChI=1S/C16H19F3N6O2S/c1-3-20-11-10(16(17,18)19)8-21-15(23-11)24-12-9(2)22-13(28-12)14(26)25-4-6-27-7-5-25/h8H,3-7H2,1-2H3,(H2,20,21,23,24). The molecule has 2 aromatic heterocycles. The zero-order chi connectivity index (χ0) is 20.3. The number of morpholine rings is 1. The molecule has 0 aromatic carbocycles. The second-order valence-electron chi connectivity index (χ2n) is 5.95. The van der Waals surface area contributed by atoms with Crippen LogP contribution < -0.4 is 10.6 Å². The summed E-state index contributed by atoms with van der Waals surface area (Å²) in [5.74, 6) is -0.522. The Morgan fingerprint density at radius 2 is 2.04 bits per heavy atom. The Hall–Kier alpha value is -2.47. The van der Waals surface area contributed by atoms with E-state index in [1.807, 2.05) is 0 Å². The van der Waals surface area contributed by atoms with Crippen LogP contribution in [0.25, 0.3) is 0 Å². The number of hydrogen-bond donors (Lipinski definition) is 2. The van der Waals surface area contributed by atoms with Crippen molar-refractivity contribution >= 4 is 34.0 Å². The molecule has 0 bridgehead atoms. The van der Waals surface area contributed by atoms with Gasteiger partial charge in [-0.2, -0.15) is 18.2 Å².